The van der Waals surface area contributed by atoms with Gasteiger partial charge in [0.2, 0.25) is 5.91 Å². The van der Waals surface area contributed by atoms with E-state index in [0.717, 1.165) is 12.0 Å². The highest BCUT2D eigenvalue weighted by atomic mass is 16.4. The van der Waals surface area contributed by atoms with Crippen LogP contribution in [0.4, 0.5) is 0 Å². The first-order valence-electron chi connectivity index (χ1n) is 7.97. The lowest BCUT2D eigenvalue weighted by Gasteiger charge is -2.16. The molecule has 0 saturated carbocycles. The summed E-state index contributed by atoms with van der Waals surface area (Å²) in [5.74, 6) is -1.40. The summed E-state index contributed by atoms with van der Waals surface area (Å²) < 4.78 is 0. The summed E-state index contributed by atoms with van der Waals surface area (Å²) >= 11 is 0. The number of carbonyl (C=O) groups excluding carboxylic acids is 2. The SMILES string of the molecule is CCc1ccc(C(=O)CCC(=O)N[C@H](CC(C)C)C(=O)O)cc1. The molecular formula is C18H25NO4. The Hall–Kier alpha value is -2.17. The van der Waals surface area contributed by atoms with Gasteiger partial charge in [-0.3, -0.25) is 9.59 Å². The topological polar surface area (TPSA) is 83.5 Å². The van der Waals surface area contributed by atoms with Crippen molar-refractivity contribution in [2.24, 2.45) is 5.92 Å². The van der Waals surface area contributed by atoms with Crippen molar-refractivity contribution >= 4 is 17.7 Å². The third kappa shape index (κ3) is 6.63. The van der Waals surface area contributed by atoms with Crippen molar-refractivity contribution in [2.45, 2.75) is 52.5 Å². The lowest BCUT2D eigenvalue weighted by atomic mass is 10.0. The number of hydrogen-bond donors (Lipinski definition) is 2. The highest BCUT2D eigenvalue weighted by molar-refractivity contribution is 5.98. The first-order valence-corrected chi connectivity index (χ1v) is 7.97. The van der Waals surface area contributed by atoms with Crippen LogP contribution in [0.5, 0.6) is 0 Å². The molecule has 0 aliphatic carbocycles. The van der Waals surface area contributed by atoms with Crippen molar-refractivity contribution in [2.75, 3.05) is 0 Å². The number of amides is 1. The molecule has 0 aliphatic heterocycles. The van der Waals surface area contributed by atoms with E-state index in [1.807, 2.05) is 32.9 Å². The average molecular weight is 319 g/mol. The highest BCUT2D eigenvalue weighted by Gasteiger charge is 2.21. The van der Waals surface area contributed by atoms with E-state index < -0.39 is 17.9 Å². The molecule has 0 spiro atoms. The quantitative estimate of drug-likeness (QED) is 0.686. The van der Waals surface area contributed by atoms with Crippen molar-refractivity contribution in [3.63, 3.8) is 0 Å². The van der Waals surface area contributed by atoms with Gasteiger partial charge in [-0.1, -0.05) is 45.0 Å². The van der Waals surface area contributed by atoms with Gasteiger partial charge < -0.3 is 10.4 Å². The van der Waals surface area contributed by atoms with Gasteiger partial charge in [0.15, 0.2) is 5.78 Å². The second-order valence-corrected chi connectivity index (χ2v) is 6.06. The summed E-state index contributed by atoms with van der Waals surface area (Å²) in [7, 11) is 0. The molecule has 1 aromatic carbocycles. The van der Waals surface area contributed by atoms with Crippen molar-refractivity contribution in [1.29, 1.82) is 0 Å². The maximum atomic E-state index is 12.0. The average Bonchev–Trinajstić information content (AvgIpc) is 2.51. The number of ketones is 1. The Morgan fingerprint density at radius 3 is 2.17 bits per heavy atom. The fourth-order valence-corrected chi connectivity index (χ4v) is 2.26. The number of carbonyl (C=O) groups is 3. The molecule has 0 radical (unpaired) electrons. The molecule has 1 rings (SSSR count). The van der Waals surface area contributed by atoms with Crippen LogP contribution in [0.15, 0.2) is 24.3 Å². The van der Waals surface area contributed by atoms with E-state index in [0.29, 0.717) is 12.0 Å². The standard InChI is InChI=1S/C18H25NO4/c1-4-13-5-7-14(8-6-13)16(20)9-10-17(21)19-15(18(22)23)11-12(2)3/h5-8,12,15H,4,9-11H2,1-3H3,(H,19,21)(H,22,23)/t15-/m1/s1. The molecule has 0 aromatic heterocycles. The molecule has 1 atom stereocenters. The summed E-state index contributed by atoms with van der Waals surface area (Å²) in [6.45, 7) is 5.83. The molecule has 23 heavy (non-hydrogen) atoms. The molecule has 0 fully saturated rings. The normalized spacial score (nSPS) is 12.0. The summed E-state index contributed by atoms with van der Waals surface area (Å²) in [4.78, 5) is 35.0. The summed E-state index contributed by atoms with van der Waals surface area (Å²) in [6.07, 6.45) is 1.35. The van der Waals surface area contributed by atoms with E-state index in [4.69, 9.17) is 5.11 Å². The third-order valence-corrected chi connectivity index (χ3v) is 3.60. The van der Waals surface area contributed by atoms with Gasteiger partial charge in [0.25, 0.3) is 0 Å². The number of hydrogen-bond acceptors (Lipinski definition) is 3. The van der Waals surface area contributed by atoms with Gasteiger partial charge in [0.05, 0.1) is 0 Å². The number of Topliss-reactive ketones (excluding diaryl/α,β-unsaturated/α-hetero) is 1. The number of nitrogens with one attached hydrogen (secondary N) is 1. The Labute approximate surface area is 137 Å². The fourth-order valence-electron chi connectivity index (χ4n) is 2.26. The number of aryl methyl sites for hydroxylation is 1. The van der Waals surface area contributed by atoms with Gasteiger partial charge in [0.1, 0.15) is 6.04 Å². The molecule has 0 heterocycles. The Bertz CT molecular complexity index is 549. The fraction of sp³-hybridized carbons (Fsp3) is 0.500. The van der Waals surface area contributed by atoms with Crippen LogP contribution in [0.25, 0.3) is 0 Å². The van der Waals surface area contributed by atoms with Gasteiger partial charge in [-0.05, 0) is 24.3 Å². The maximum Gasteiger partial charge on any atom is 0.326 e. The van der Waals surface area contributed by atoms with Gasteiger partial charge >= 0.3 is 5.97 Å². The largest absolute Gasteiger partial charge is 0.480 e. The second-order valence-electron chi connectivity index (χ2n) is 6.06. The Morgan fingerprint density at radius 1 is 1.09 bits per heavy atom. The van der Waals surface area contributed by atoms with Crippen LogP contribution in [0.2, 0.25) is 0 Å². The minimum atomic E-state index is -1.05. The van der Waals surface area contributed by atoms with E-state index in [-0.39, 0.29) is 24.5 Å². The molecule has 0 saturated heterocycles. The number of benzene rings is 1. The Balaban J connectivity index is 2.50. The summed E-state index contributed by atoms with van der Waals surface area (Å²) in [6, 6.07) is 6.42. The third-order valence-electron chi connectivity index (χ3n) is 3.60. The van der Waals surface area contributed by atoms with Crippen LogP contribution in [-0.2, 0) is 16.0 Å². The first-order chi connectivity index (χ1) is 10.8. The van der Waals surface area contributed by atoms with Crippen LogP contribution in [0.3, 0.4) is 0 Å². The second kappa shape index (κ2) is 9.08. The predicted molar refractivity (Wildman–Crippen MR) is 88.4 cm³/mol. The first kappa shape index (κ1) is 18.9. The zero-order valence-corrected chi connectivity index (χ0v) is 14.0. The zero-order chi connectivity index (χ0) is 17.4. The van der Waals surface area contributed by atoms with Crippen LogP contribution in [0.1, 0.15) is 56.0 Å². The maximum absolute atomic E-state index is 12.0. The summed E-state index contributed by atoms with van der Waals surface area (Å²) in [5.41, 5.74) is 1.73. The van der Waals surface area contributed by atoms with E-state index >= 15 is 0 Å². The number of carboxylic acids is 1. The number of carboxylic acid groups (broad SMARTS) is 1. The highest BCUT2D eigenvalue weighted by Crippen LogP contribution is 2.10. The van der Waals surface area contributed by atoms with E-state index in [9.17, 15) is 14.4 Å². The Morgan fingerprint density at radius 2 is 1.70 bits per heavy atom. The van der Waals surface area contributed by atoms with Crippen LogP contribution >= 0.6 is 0 Å². The van der Waals surface area contributed by atoms with Crippen LogP contribution in [0, 0.1) is 5.92 Å². The molecule has 0 bridgehead atoms. The summed E-state index contributed by atoms with van der Waals surface area (Å²) in [5, 5.41) is 11.6. The molecule has 1 amide bonds. The number of rotatable bonds is 9. The van der Waals surface area contributed by atoms with E-state index in [2.05, 4.69) is 5.32 Å². The molecule has 5 nitrogen and oxygen atoms in total. The van der Waals surface area contributed by atoms with Crippen molar-refractivity contribution in [3.05, 3.63) is 35.4 Å². The van der Waals surface area contributed by atoms with Gasteiger partial charge in [-0.2, -0.15) is 0 Å². The van der Waals surface area contributed by atoms with Crippen LogP contribution < -0.4 is 5.32 Å². The number of aliphatic carboxylic acids is 1. The molecule has 2 N–H and O–H groups in total. The zero-order valence-electron chi connectivity index (χ0n) is 14.0. The predicted octanol–water partition coefficient (Wildman–Crippen LogP) is 2.83. The Kier molecular flexibility index (Phi) is 7.45. The van der Waals surface area contributed by atoms with E-state index in [1.54, 1.807) is 12.1 Å². The molecule has 126 valence electrons. The minimum absolute atomic E-state index is 0.00373. The van der Waals surface area contributed by atoms with E-state index in [1.165, 1.54) is 0 Å². The minimum Gasteiger partial charge on any atom is -0.480 e. The van der Waals surface area contributed by atoms with Crippen molar-refractivity contribution in [1.82, 2.24) is 5.32 Å². The molecule has 0 aliphatic rings. The van der Waals surface area contributed by atoms with Gasteiger partial charge in [-0.25, -0.2) is 4.79 Å². The lowest BCUT2D eigenvalue weighted by Crippen LogP contribution is -2.41. The van der Waals surface area contributed by atoms with Crippen molar-refractivity contribution in [3.8, 4) is 0 Å². The van der Waals surface area contributed by atoms with Gasteiger partial charge in [-0.15, -0.1) is 0 Å². The van der Waals surface area contributed by atoms with Crippen molar-refractivity contribution < 1.29 is 19.5 Å². The molecular weight excluding hydrogens is 294 g/mol. The molecule has 5 heteroatoms. The lowest BCUT2D eigenvalue weighted by molar-refractivity contribution is -0.142. The monoisotopic (exact) mass is 319 g/mol. The molecule has 0 unspecified atom stereocenters. The van der Waals surface area contributed by atoms with Gasteiger partial charge in [0, 0.05) is 18.4 Å². The van der Waals surface area contributed by atoms with Crippen LogP contribution in [-0.4, -0.2) is 28.8 Å². The molecule has 1 aromatic rings. The smallest absolute Gasteiger partial charge is 0.326 e.